The zero-order valence-electron chi connectivity index (χ0n) is 14.1. The maximum atomic E-state index is 4.66. The van der Waals surface area contributed by atoms with Gasteiger partial charge in [0.15, 0.2) is 0 Å². The van der Waals surface area contributed by atoms with Crippen LogP contribution in [0.4, 0.5) is 11.8 Å². The third-order valence-corrected chi connectivity index (χ3v) is 3.79. The second-order valence-electron chi connectivity index (χ2n) is 7.19. The Balaban J connectivity index is 1.99. The van der Waals surface area contributed by atoms with Crippen LogP contribution in [0.1, 0.15) is 33.6 Å². The van der Waals surface area contributed by atoms with Crippen molar-refractivity contribution in [2.75, 3.05) is 43.5 Å². The Bertz CT molecular complexity index is 452. The Morgan fingerprint density at radius 3 is 2.81 bits per heavy atom. The molecule has 0 spiro atoms. The van der Waals surface area contributed by atoms with E-state index in [4.69, 9.17) is 0 Å². The Morgan fingerprint density at radius 1 is 1.38 bits per heavy atom. The van der Waals surface area contributed by atoms with Crippen molar-refractivity contribution in [1.29, 1.82) is 0 Å². The molecule has 1 saturated heterocycles. The van der Waals surface area contributed by atoms with Crippen LogP contribution in [0.25, 0.3) is 0 Å². The van der Waals surface area contributed by atoms with Gasteiger partial charge in [-0.25, -0.2) is 4.98 Å². The minimum absolute atomic E-state index is 0.190. The van der Waals surface area contributed by atoms with Gasteiger partial charge in [0, 0.05) is 45.5 Å². The monoisotopic (exact) mass is 291 g/mol. The molecule has 21 heavy (non-hydrogen) atoms. The molecule has 1 N–H and O–H groups in total. The van der Waals surface area contributed by atoms with Gasteiger partial charge >= 0.3 is 0 Å². The number of rotatable bonds is 4. The number of nitrogens with zero attached hydrogens (tertiary/aromatic N) is 4. The van der Waals surface area contributed by atoms with E-state index in [2.05, 4.69) is 41.0 Å². The summed E-state index contributed by atoms with van der Waals surface area (Å²) < 4.78 is 0. The number of piperidine rings is 1. The molecule has 2 rings (SSSR count). The summed E-state index contributed by atoms with van der Waals surface area (Å²) in [6.07, 6.45) is 4.39. The maximum absolute atomic E-state index is 4.66. The lowest BCUT2D eigenvalue weighted by molar-refractivity contribution is 0.335. The second kappa shape index (κ2) is 6.60. The molecule has 0 aliphatic carbocycles. The summed E-state index contributed by atoms with van der Waals surface area (Å²) in [5.41, 5.74) is 0.190. The molecule has 1 atom stereocenters. The van der Waals surface area contributed by atoms with Crippen LogP contribution in [0.3, 0.4) is 0 Å². The van der Waals surface area contributed by atoms with E-state index in [1.54, 1.807) is 0 Å². The molecule has 1 aromatic rings. The molecule has 1 aromatic heterocycles. The third kappa shape index (κ3) is 4.84. The van der Waals surface area contributed by atoms with Crippen LogP contribution >= 0.6 is 0 Å². The Hall–Kier alpha value is -1.36. The maximum Gasteiger partial charge on any atom is 0.226 e. The van der Waals surface area contributed by atoms with Gasteiger partial charge in [-0.3, -0.25) is 0 Å². The molecule has 0 saturated carbocycles. The van der Waals surface area contributed by atoms with Crippen LogP contribution in [-0.4, -0.2) is 49.2 Å². The van der Waals surface area contributed by atoms with E-state index in [1.807, 2.05) is 31.3 Å². The third-order valence-electron chi connectivity index (χ3n) is 3.79. The Kier molecular flexibility index (Phi) is 5.04. The van der Waals surface area contributed by atoms with E-state index in [9.17, 15) is 0 Å². The smallest absolute Gasteiger partial charge is 0.226 e. The van der Waals surface area contributed by atoms with Crippen LogP contribution in [0, 0.1) is 5.92 Å². The summed E-state index contributed by atoms with van der Waals surface area (Å²) in [6, 6.07) is 2.02. The van der Waals surface area contributed by atoms with Crippen molar-refractivity contribution in [3.05, 3.63) is 12.3 Å². The Morgan fingerprint density at radius 2 is 2.14 bits per heavy atom. The van der Waals surface area contributed by atoms with Gasteiger partial charge in [-0.05, 0) is 45.6 Å². The van der Waals surface area contributed by atoms with Crippen LogP contribution in [0.15, 0.2) is 12.3 Å². The molecule has 1 unspecified atom stereocenters. The second-order valence-corrected chi connectivity index (χ2v) is 7.19. The normalized spacial score (nSPS) is 19.7. The largest absolute Gasteiger partial charge is 0.356 e. The lowest BCUT2D eigenvalue weighted by atomic mass is 9.96. The summed E-state index contributed by atoms with van der Waals surface area (Å²) in [5, 5.41) is 3.63. The van der Waals surface area contributed by atoms with Crippen LogP contribution in [0.5, 0.6) is 0 Å². The standard InChI is InChI=1S/C16H29N5/c1-16(2,3)18-11-13-7-6-10-21(12-13)14-8-9-17-15(19-14)20(4)5/h8-9,13,18H,6-7,10-12H2,1-5H3. The highest BCUT2D eigenvalue weighted by molar-refractivity contribution is 5.43. The van der Waals surface area contributed by atoms with Gasteiger partial charge in [-0.15, -0.1) is 0 Å². The van der Waals surface area contributed by atoms with Gasteiger partial charge in [0.1, 0.15) is 5.82 Å². The fourth-order valence-corrected chi connectivity index (χ4v) is 2.62. The molecule has 5 nitrogen and oxygen atoms in total. The van der Waals surface area contributed by atoms with Crippen LogP contribution in [0.2, 0.25) is 0 Å². The molecular formula is C16H29N5. The highest BCUT2D eigenvalue weighted by atomic mass is 15.3. The van der Waals surface area contributed by atoms with Crippen LogP contribution < -0.4 is 15.1 Å². The lowest BCUT2D eigenvalue weighted by Crippen LogP contribution is -2.45. The van der Waals surface area contributed by atoms with Crippen molar-refractivity contribution in [2.45, 2.75) is 39.2 Å². The van der Waals surface area contributed by atoms with Gasteiger partial charge in [-0.1, -0.05) is 0 Å². The number of anilines is 2. The van der Waals surface area contributed by atoms with Crippen molar-refractivity contribution in [3.8, 4) is 0 Å². The fraction of sp³-hybridized carbons (Fsp3) is 0.750. The van der Waals surface area contributed by atoms with Gasteiger partial charge in [-0.2, -0.15) is 4.98 Å². The molecule has 2 heterocycles. The number of hydrogen-bond acceptors (Lipinski definition) is 5. The van der Waals surface area contributed by atoms with E-state index in [1.165, 1.54) is 12.8 Å². The molecular weight excluding hydrogens is 262 g/mol. The summed E-state index contributed by atoms with van der Waals surface area (Å²) in [6.45, 7) is 9.92. The quantitative estimate of drug-likeness (QED) is 0.921. The van der Waals surface area contributed by atoms with Gasteiger partial charge in [0.25, 0.3) is 0 Å². The lowest BCUT2D eigenvalue weighted by Gasteiger charge is -2.35. The van der Waals surface area contributed by atoms with Crippen LogP contribution in [-0.2, 0) is 0 Å². The average molecular weight is 291 g/mol. The molecule has 1 fully saturated rings. The van der Waals surface area contributed by atoms with E-state index >= 15 is 0 Å². The molecule has 0 aromatic carbocycles. The molecule has 5 heteroatoms. The predicted octanol–water partition coefficient (Wildman–Crippen LogP) is 2.15. The van der Waals surface area contributed by atoms with Crippen molar-refractivity contribution >= 4 is 11.8 Å². The number of hydrogen-bond donors (Lipinski definition) is 1. The zero-order valence-corrected chi connectivity index (χ0v) is 14.1. The molecule has 1 aliphatic rings. The van der Waals surface area contributed by atoms with Crippen molar-refractivity contribution in [1.82, 2.24) is 15.3 Å². The van der Waals surface area contributed by atoms with E-state index < -0.39 is 0 Å². The fourth-order valence-electron chi connectivity index (χ4n) is 2.62. The summed E-state index contributed by atoms with van der Waals surface area (Å²) in [5.74, 6) is 2.52. The van der Waals surface area contributed by atoms with E-state index in [0.29, 0.717) is 5.92 Å². The molecule has 1 aliphatic heterocycles. The summed E-state index contributed by atoms with van der Waals surface area (Å²) in [7, 11) is 3.96. The minimum Gasteiger partial charge on any atom is -0.356 e. The van der Waals surface area contributed by atoms with E-state index in [0.717, 1.165) is 31.4 Å². The van der Waals surface area contributed by atoms with Gasteiger partial charge in [0.2, 0.25) is 5.95 Å². The first kappa shape index (κ1) is 16.0. The molecule has 0 radical (unpaired) electrons. The number of aromatic nitrogens is 2. The summed E-state index contributed by atoms with van der Waals surface area (Å²) >= 11 is 0. The van der Waals surface area contributed by atoms with Gasteiger partial charge in [0.05, 0.1) is 0 Å². The first-order valence-corrected chi connectivity index (χ1v) is 7.85. The van der Waals surface area contributed by atoms with E-state index in [-0.39, 0.29) is 5.54 Å². The Labute approximate surface area is 128 Å². The zero-order chi connectivity index (χ0) is 15.5. The molecule has 118 valence electrons. The van der Waals surface area contributed by atoms with Gasteiger partial charge < -0.3 is 15.1 Å². The minimum atomic E-state index is 0.190. The number of nitrogens with one attached hydrogen (secondary N) is 1. The van der Waals surface area contributed by atoms with Crippen molar-refractivity contribution in [2.24, 2.45) is 5.92 Å². The average Bonchev–Trinajstić information content (AvgIpc) is 2.45. The SMILES string of the molecule is CN(C)c1nccc(N2CCCC(CNC(C)(C)C)C2)n1. The van der Waals surface area contributed by atoms with Crippen molar-refractivity contribution < 1.29 is 0 Å². The topological polar surface area (TPSA) is 44.3 Å². The first-order chi connectivity index (χ1) is 9.85. The predicted molar refractivity (Wildman–Crippen MR) is 89.1 cm³/mol. The molecule has 0 amide bonds. The highest BCUT2D eigenvalue weighted by Crippen LogP contribution is 2.22. The highest BCUT2D eigenvalue weighted by Gasteiger charge is 2.22. The first-order valence-electron chi connectivity index (χ1n) is 7.85. The summed E-state index contributed by atoms with van der Waals surface area (Å²) in [4.78, 5) is 13.3. The van der Waals surface area contributed by atoms with Crippen molar-refractivity contribution in [3.63, 3.8) is 0 Å². The molecule has 0 bridgehead atoms.